The van der Waals surface area contributed by atoms with Crippen molar-refractivity contribution in [3.63, 3.8) is 0 Å². The van der Waals surface area contributed by atoms with Crippen LogP contribution in [-0.4, -0.2) is 132 Å². The van der Waals surface area contributed by atoms with Gasteiger partial charge in [0.1, 0.15) is 42.7 Å². The largest absolute Gasteiger partial charge is 0.459 e. The average molecular weight is 456 g/mol. The first-order valence-electron chi connectivity index (χ1n) is 10.1. The van der Waals surface area contributed by atoms with Crippen molar-refractivity contribution in [1.29, 1.82) is 0 Å². The Morgan fingerprint density at radius 2 is 1.45 bits per heavy atom. The molecule has 182 valence electrons. The molecule has 0 radical (unpaired) electrons. The number of carbonyl (C=O) groups excluding carboxylic acids is 1. The third kappa shape index (κ3) is 6.52. The molecule has 0 aliphatic carbocycles. The van der Waals surface area contributed by atoms with Crippen molar-refractivity contribution in [2.75, 3.05) is 33.0 Å². The Hall–Kier alpha value is -0.970. The van der Waals surface area contributed by atoms with Gasteiger partial charge in [0.15, 0.2) is 18.7 Å². The fraction of sp³-hybridized carbons (Fsp3) is 0.944. The van der Waals surface area contributed by atoms with Crippen LogP contribution < -0.4 is 0 Å². The molecule has 0 amide bonds. The molecule has 0 aromatic heterocycles. The molecule has 1 unspecified atom stereocenters. The van der Waals surface area contributed by atoms with Crippen molar-refractivity contribution in [3.05, 3.63) is 0 Å². The van der Waals surface area contributed by atoms with Crippen LogP contribution in [-0.2, 0) is 33.2 Å². The van der Waals surface area contributed by atoms with Gasteiger partial charge in [-0.15, -0.1) is 0 Å². The van der Waals surface area contributed by atoms with Crippen molar-refractivity contribution in [3.8, 4) is 0 Å². The minimum Gasteiger partial charge on any atom is -0.459 e. The molecule has 2 fully saturated rings. The molecule has 31 heavy (non-hydrogen) atoms. The zero-order chi connectivity index (χ0) is 23.0. The van der Waals surface area contributed by atoms with Crippen molar-refractivity contribution in [1.82, 2.24) is 0 Å². The molecule has 0 spiro atoms. The summed E-state index contributed by atoms with van der Waals surface area (Å²) in [6.07, 6.45) is -13.8. The molecule has 0 saturated carbocycles. The highest BCUT2D eigenvalue weighted by Crippen LogP contribution is 2.30. The van der Waals surface area contributed by atoms with Crippen LogP contribution in [0.25, 0.3) is 0 Å². The van der Waals surface area contributed by atoms with Crippen LogP contribution in [0, 0.1) is 0 Å². The smallest absolute Gasteiger partial charge is 0.293 e. The summed E-state index contributed by atoms with van der Waals surface area (Å²) in [5, 5.41) is 60.1. The van der Waals surface area contributed by atoms with E-state index in [1.165, 1.54) is 0 Å². The predicted molar refractivity (Wildman–Crippen MR) is 98.4 cm³/mol. The van der Waals surface area contributed by atoms with Crippen LogP contribution in [0.15, 0.2) is 0 Å². The second-order valence-electron chi connectivity index (χ2n) is 7.19. The summed E-state index contributed by atoms with van der Waals surface area (Å²) in [6.45, 7) is 1.47. The molecular formula is C18H32O13. The van der Waals surface area contributed by atoms with Crippen molar-refractivity contribution in [2.45, 2.75) is 74.8 Å². The van der Waals surface area contributed by atoms with Gasteiger partial charge in [0.25, 0.3) is 6.47 Å². The van der Waals surface area contributed by atoms with E-state index in [9.17, 15) is 35.4 Å². The monoisotopic (exact) mass is 456 g/mol. The molecule has 13 heteroatoms. The molecular weight excluding hydrogens is 424 g/mol. The Balaban J connectivity index is 2.10. The first-order valence-corrected chi connectivity index (χ1v) is 10.1. The molecule has 2 heterocycles. The minimum atomic E-state index is -1.74. The van der Waals surface area contributed by atoms with Gasteiger partial charge in [-0.05, 0) is 6.42 Å². The van der Waals surface area contributed by atoms with Gasteiger partial charge < -0.3 is 59.1 Å². The van der Waals surface area contributed by atoms with Gasteiger partial charge in [0.2, 0.25) is 0 Å². The van der Waals surface area contributed by atoms with Crippen LogP contribution in [0.4, 0.5) is 0 Å². The quantitative estimate of drug-likeness (QED) is 0.124. The maximum absolute atomic E-state index is 10.6. The van der Waals surface area contributed by atoms with E-state index in [1.54, 1.807) is 0 Å². The molecule has 13 nitrogen and oxygen atoms in total. The Labute approximate surface area is 179 Å². The van der Waals surface area contributed by atoms with Crippen LogP contribution >= 0.6 is 0 Å². The SMILES string of the molecule is CCCOCCOC1O[C@@H](CO)[C@@H](O)[C@H](O)[C@@H]1O[C@H]1O[C@H](CO)[C@@H](OC=O)[C@H](O)[C@@H]1O. The fourth-order valence-electron chi connectivity index (χ4n) is 3.36. The zero-order valence-corrected chi connectivity index (χ0v) is 17.1. The van der Waals surface area contributed by atoms with Crippen LogP contribution in [0.2, 0.25) is 0 Å². The first kappa shape index (κ1) is 26.3. The van der Waals surface area contributed by atoms with E-state index in [2.05, 4.69) is 4.74 Å². The highest BCUT2D eigenvalue weighted by molar-refractivity contribution is 5.38. The summed E-state index contributed by atoms with van der Waals surface area (Å²) in [6, 6.07) is 0. The number of carbonyl (C=O) groups is 1. The molecule has 2 rings (SSSR count). The Bertz CT molecular complexity index is 521. The number of rotatable bonds is 12. The summed E-state index contributed by atoms with van der Waals surface area (Å²) in [7, 11) is 0. The number of hydrogen-bond donors (Lipinski definition) is 6. The van der Waals surface area contributed by atoms with Gasteiger partial charge in [-0.2, -0.15) is 0 Å². The average Bonchev–Trinajstić information content (AvgIpc) is 2.77. The van der Waals surface area contributed by atoms with Crippen LogP contribution in [0.5, 0.6) is 0 Å². The third-order valence-electron chi connectivity index (χ3n) is 5.01. The summed E-state index contributed by atoms with van der Waals surface area (Å²) >= 11 is 0. The summed E-state index contributed by atoms with van der Waals surface area (Å²) in [5.41, 5.74) is 0. The van der Waals surface area contributed by atoms with E-state index in [1.807, 2.05) is 6.92 Å². The van der Waals surface area contributed by atoms with Gasteiger partial charge >= 0.3 is 0 Å². The van der Waals surface area contributed by atoms with E-state index < -0.39 is 74.6 Å². The minimum absolute atomic E-state index is 0.0384. The van der Waals surface area contributed by atoms with Crippen molar-refractivity contribution >= 4 is 6.47 Å². The highest BCUT2D eigenvalue weighted by atomic mass is 16.8. The van der Waals surface area contributed by atoms with Crippen molar-refractivity contribution < 1.29 is 63.9 Å². The summed E-state index contributed by atoms with van der Waals surface area (Å²) in [5.74, 6) is 0. The highest BCUT2D eigenvalue weighted by Gasteiger charge is 2.51. The predicted octanol–water partition coefficient (Wildman–Crippen LogP) is -3.77. The lowest BCUT2D eigenvalue weighted by Gasteiger charge is -2.46. The van der Waals surface area contributed by atoms with Crippen LogP contribution in [0.1, 0.15) is 13.3 Å². The molecule has 6 N–H and O–H groups in total. The van der Waals surface area contributed by atoms with Gasteiger partial charge in [0, 0.05) is 6.61 Å². The lowest BCUT2D eigenvalue weighted by atomic mass is 9.97. The summed E-state index contributed by atoms with van der Waals surface area (Å²) < 4.78 is 31.9. The molecule has 0 aromatic rings. The summed E-state index contributed by atoms with van der Waals surface area (Å²) in [4.78, 5) is 10.6. The molecule has 0 bridgehead atoms. The lowest BCUT2D eigenvalue weighted by Crippen LogP contribution is -2.65. The Morgan fingerprint density at radius 1 is 0.806 bits per heavy atom. The van der Waals surface area contributed by atoms with E-state index in [0.29, 0.717) is 6.61 Å². The number of hydrogen-bond acceptors (Lipinski definition) is 13. The topological polar surface area (TPSA) is 194 Å². The van der Waals surface area contributed by atoms with E-state index in [4.69, 9.17) is 23.7 Å². The van der Waals surface area contributed by atoms with Crippen LogP contribution in [0.3, 0.4) is 0 Å². The fourth-order valence-corrected chi connectivity index (χ4v) is 3.36. The first-order chi connectivity index (χ1) is 14.9. The standard InChI is InChI=1S/C18H32O13/c1-2-3-26-4-5-27-18-16(12(23)11(22)9(6-19)29-18)31-17-14(25)13(24)15(28-8-21)10(7-20)30-17/h8-20,22-25H,2-7H2,1H3/t9-,10+,11+,12-,13+,14-,15+,16-,17+,18?/m0/s1. The molecule has 10 atom stereocenters. The molecule has 2 aliphatic heterocycles. The second-order valence-corrected chi connectivity index (χ2v) is 7.19. The normalized spacial score (nSPS) is 41.1. The maximum Gasteiger partial charge on any atom is 0.293 e. The molecule has 0 aromatic carbocycles. The van der Waals surface area contributed by atoms with E-state index >= 15 is 0 Å². The van der Waals surface area contributed by atoms with E-state index in [-0.39, 0.29) is 19.7 Å². The zero-order valence-electron chi connectivity index (χ0n) is 17.1. The van der Waals surface area contributed by atoms with Gasteiger partial charge in [-0.25, -0.2) is 0 Å². The van der Waals surface area contributed by atoms with Gasteiger partial charge in [-0.1, -0.05) is 6.92 Å². The molecule has 2 aliphatic rings. The lowest BCUT2D eigenvalue weighted by molar-refractivity contribution is -0.367. The van der Waals surface area contributed by atoms with Gasteiger partial charge in [0.05, 0.1) is 26.4 Å². The third-order valence-corrected chi connectivity index (χ3v) is 5.01. The maximum atomic E-state index is 10.6. The number of aliphatic hydroxyl groups is 6. The Kier molecular flexibility index (Phi) is 10.9. The Morgan fingerprint density at radius 3 is 2.06 bits per heavy atom. The second kappa shape index (κ2) is 12.9. The number of ether oxygens (including phenoxy) is 6. The van der Waals surface area contributed by atoms with Crippen molar-refractivity contribution in [2.24, 2.45) is 0 Å². The number of aliphatic hydroxyl groups excluding tert-OH is 6. The van der Waals surface area contributed by atoms with E-state index in [0.717, 1.165) is 6.42 Å². The van der Waals surface area contributed by atoms with Gasteiger partial charge in [-0.3, -0.25) is 4.79 Å². The molecule has 2 saturated heterocycles.